The molecule has 2 aromatic rings. The second-order valence-electron chi connectivity index (χ2n) is 4.75. The summed E-state index contributed by atoms with van der Waals surface area (Å²) in [6, 6.07) is 11.4. The van der Waals surface area contributed by atoms with Crippen LogP contribution in [0.2, 0.25) is 0 Å². The molecule has 0 heterocycles. The van der Waals surface area contributed by atoms with Gasteiger partial charge >= 0.3 is 5.97 Å². The summed E-state index contributed by atoms with van der Waals surface area (Å²) in [4.78, 5) is 11.7. The fourth-order valence-electron chi connectivity index (χ4n) is 2.44. The Labute approximate surface area is 137 Å². The Morgan fingerprint density at radius 3 is 2.55 bits per heavy atom. The van der Waals surface area contributed by atoms with E-state index >= 15 is 0 Å². The van der Waals surface area contributed by atoms with Crippen molar-refractivity contribution in [1.29, 1.82) is 0 Å². The zero-order valence-electron chi connectivity index (χ0n) is 12.9. The van der Waals surface area contributed by atoms with Crippen LogP contribution in [0.1, 0.15) is 31.9 Å². The Hall–Kier alpha value is -1.78. The summed E-state index contributed by atoms with van der Waals surface area (Å²) < 4.78 is 10.7. The number of rotatable bonds is 6. The standard InChI is InChI=1S/C17H21NO3.ClH/c1-3-20-15-10-9-12-7-5-6-8-13(12)17(15)14(18)11-16(19)21-4-2;/h5-10,14H,3-4,11,18H2,1-2H3;1H/t14-;/m0./s1. The second kappa shape index (κ2) is 8.61. The van der Waals surface area contributed by atoms with Crippen molar-refractivity contribution >= 4 is 29.1 Å². The zero-order chi connectivity index (χ0) is 15.2. The lowest BCUT2D eigenvalue weighted by Crippen LogP contribution is -2.18. The van der Waals surface area contributed by atoms with E-state index in [-0.39, 0.29) is 24.8 Å². The van der Waals surface area contributed by atoms with Crippen molar-refractivity contribution in [3.05, 3.63) is 42.0 Å². The SMILES string of the molecule is CCOC(=O)C[C@H](N)c1c(OCC)ccc2ccccc12.Cl. The van der Waals surface area contributed by atoms with Gasteiger partial charge in [0.25, 0.3) is 0 Å². The quantitative estimate of drug-likeness (QED) is 0.825. The third-order valence-electron chi connectivity index (χ3n) is 3.29. The first-order valence-corrected chi connectivity index (χ1v) is 7.23. The second-order valence-corrected chi connectivity index (χ2v) is 4.75. The Morgan fingerprint density at radius 1 is 1.14 bits per heavy atom. The van der Waals surface area contributed by atoms with E-state index in [1.54, 1.807) is 6.92 Å². The summed E-state index contributed by atoms with van der Waals surface area (Å²) in [5, 5.41) is 2.09. The molecule has 0 bridgehead atoms. The predicted octanol–water partition coefficient (Wildman–Crippen LogP) is 3.61. The van der Waals surface area contributed by atoms with Crippen LogP contribution in [0.25, 0.3) is 10.8 Å². The van der Waals surface area contributed by atoms with E-state index in [4.69, 9.17) is 15.2 Å². The molecule has 5 heteroatoms. The maximum absolute atomic E-state index is 11.7. The topological polar surface area (TPSA) is 61.5 Å². The molecule has 120 valence electrons. The molecule has 0 radical (unpaired) electrons. The molecule has 0 saturated heterocycles. The van der Waals surface area contributed by atoms with Gasteiger partial charge in [0, 0.05) is 11.6 Å². The number of benzene rings is 2. The molecule has 1 atom stereocenters. The van der Waals surface area contributed by atoms with Crippen LogP contribution in [0.5, 0.6) is 5.75 Å². The van der Waals surface area contributed by atoms with Crippen LogP contribution in [0.3, 0.4) is 0 Å². The zero-order valence-corrected chi connectivity index (χ0v) is 13.7. The molecule has 0 aliphatic carbocycles. The van der Waals surface area contributed by atoms with Gasteiger partial charge in [0.2, 0.25) is 0 Å². The van der Waals surface area contributed by atoms with Gasteiger partial charge in [0.1, 0.15) is 5.75 Å². The first kappa shape index (κ1) is 18.3. The van der Waals surface area contributed by atoms with Crippen molar-refractivity contribution in [2.75, 3.05) is 13.2 Å². The number of hydrogen-bond donors (Lipinski definition) is 1. The summed E-state index contributed by atoms with van der Waals surface area (Å²) in [5.74, 6) is 0.438. The van der Waals surface area contributed by atoms with E-state index in [9.17, 15) is 4.79 Å². The lowest BCUT2D eigenvalue weighted by atomic mass is 9.96. The lowest BCUT2D eigenvalue weighted by molar-refractivity contribution is -0.143. The molecule has 0 fully saturated rings. The molecule has 0 amide bonds. The smallest absolute Gasteiger partial charge is 0.307 e. The van der Waals surface area contributed by atoms with Crippen LogP contribution in [0, 0.1) is 0 Å². The van der Waals surface area contributed by atoms with Gasteiger partial charge in [-0.1, -0.05) is 30.3 Å². The van der Waals surface area contributed by atoms with Crippen LogP contribution < -0.4 is 10.5 Å². The summed E-state index contributed by atoms with van der Waals surface area (Å²) in [7, 11) is 0. The Balaban J connectivity index is 0.00000242. The minimum absolute atomic E-state index is 0. The van der Waals surface area contributed by atoms with E-state index in [1.165, 1.54) is 0 Å². The van der Waals surface area contributed by atoms with Crippen molar-refractivity contribution in [1.82, 2.24) is 0 Å². The molecular weight excluding hydrogens is 302 g/mol. The molecular formula is C17H22ClNO3. The molecule has 2 aromatic carbocycles. The van der Waals surface area contributed by atoms with Crippen molar-refractivity contribution < 1.29 is 14.3 Å². The number of carbonyl (C=O) groups is 1. The van der Waals surface area contributed by atoms with Gasteiger partial charge in [-0.2, -0.15) is 0 Å². The summed E-state index contributed by atoms with van der Waals surface area (Å²) in [6.45, 7) is 4.62. The average molecular weight is 324 g/mol. The maximum atomic E-state index is 11.7. The maximum Gasteiger partial charge on any atom is 0.307 e. The molecule has 0 aromatic heterocycles. The van der Waals surface area contributed by atoms with Gasteiger partial charge in [-0.05, 0) is 30.7 Å². The van der Waals surface area contributed by atoms with Crippen molar-refractivity contribution in [3.63, 3.8) is 0 Å². The minimum Gasteiger partial charge on any atom is -0.494 e. The van der Waals surface area contributed by atoms with Gasteiger partial charge in [-0.15, -0.1) is 12.4 Å². The van der Waals surface area contributed by atoms with E-state index in [0.717, 1.165) is 22.1 Å². The fourth-order valence-corrected chi connectivity index (χ4v) is 2.44. The molecule has 4 nitrogen and oxygen atoms in total. The first-order chi connectivity index (χ1) is 10.2. The summed E-state index contributed by atoms with van der Waals surface area (Å²) in [5.41, 5.74) is 7.11. The molecule has 22 heavy (non-hydrogen) atoms. The number of carbonyl (C=O) groups excluding carboxylic acids is 1. The van der Waals surface area contributed by atoms with Crippen molar-refractivity contribution in [3.8, 4) is 5.75 Å². The molecule has 0 saturated carbocycles. The molecule has 0 aliphatic rings. The number of ether oxygens (including phenoxy) is 2. The van der Waals surface area contributed by atoms with Gasteiger partial charge in [-0.3, -0.25) is 4.79 Å². The first-order valence-electron chi connectivity index (χ1n) is 7.23. The molecule has 2 N–H and O–H groups in total. The van der Waals surface area contributed by atoms with E-state index in [0.29, 0.717) is 13.2 Å². The summed E-state index contributed by atoms with van der Waals surface area (Å²) >= 11 is 0. The van der Waals surface area contributed by atoms with Crippen LogP contribution in [-0.2, 0) is 9.53 Å². The fraction of sp³-hybridized carbons (Fsp3) is 0.353. The van der Waals surface area contributed by atoms with Crippen molar-refractivity contribution in [2.45, 2.75) is 26.3 Å². The molecule has 0 spiro atoms. The Morgan fingerprint density at radius 2 is 1.86 bits per heavy atom. The van der Waals surface area contributed by atoms with E-state index in [2.05, 4.69) is 0 Å². The van der Waals surface area contributed by atoms with Crippen LogP contribution in [-0.4, -0.2) is 19.2 Å². The van der Waals surface area contributed by atoms with Crippen LogP contribution in [0.4, 0.5) is 0 Å². The number of nitrogens with two attached hydrogens (primary N) is 1. The van der Waals surface area contributed by atoms with Gasteiger partial charge in [0.15, 0.2) is 0 Å². The number of halogens is 1. The largest absolute Gasteiger partial charge is 0.494 e. The molecule has 0 aliphatic heterocycles. The third kappa shape index (κ3) is 4.12. The number of esters is 1. The monoisotopic (exact) mass is 323 g/mol. The normalized spacial score (nSPS) is 11.6. The highest BCUT2D eigenvalue weighted by atomic mass is 35.5. The van der Waals surface area contributed by atoms with Crippen LogP contribution in [0.15, 0.2) is 36.4 Å². The number of fused-ring (bicyclic) bond motifs is 1. The molecule has 0 unspecified atom stereocenters. The lowest BCUT2D eigenvalue weighted by Gasteiger charge is -2.18. The minimum atomic E-state index is -0.448. The highest BCUT2D eigenvalue weighted by Crippen LogP contribution is 2.33. The van der Waals surface area contributed by atoms with E-state index in [1.807, 2.05) is 43.3 Å². The third-order valence-corrected chi connectivity index (χ3v) is 3.29. The predicted molar refractivity (Wildman–Crippen MR) is 90.5 cm³/mol. The molecule has 2 rings (SSSR count). The highest BCUT2D eigenvalue weighted by Gasteiger charge is 2.19. The average Bonchev–Trinajstić information content (AvgIpc) is 2.47. The Bertz CT molecular complexity index is 630. The van der Waals surface area contributed by atoms with Gasteiger partial charge in [-0.25, -0.2) is 0 Å². The van der Waals surface area contributed by atoms with Gasteiger partial charge in [0.05, 0.1) is 19.6 Å². The van der Waals surface area contributed by atoms with Gasteiger partial charge < -0.3 is 15.2 Å². The Kier molecular flexibility index (Phi) is 7.15. The van der Waals surface area contributed by atoms with Crippen LogP contribution >= 0.6 is 12.4 Å². The van der Waals surface area contributed by atoms with E-state index < -0.39 is 6.04 Å². The highest BCUT2D eigenvalue weighted by molar-refractivity contribution is 5.89. The summed E-state index contributed by atoms with van der Waals surface area (Å²) in [6.07, 6.45) is 0.141. The number of hydrogen-bond acceptors (Lipinski definition) is 4. The van der Waals surface area contributed by atoms with Crippen molar-refractivity contribution in [2.24, 2.45) is 5.73 Å².